The maximum Gasteiger partial charge on any atom is 0.273 e. The molecule has 6 nitrogen and oxygen atoms in total. The molecule has 1 heterocycles. The quantitative estimate of drug-likeness (QED) is 0.661. The average Bonchev–Trinajstić information content (AvgIpc) is 3.02. The van der Waals surface area contributed by atoms with Crippen molar-refractivity contribution in [2.45, 2.75) is 44.4 Å². The summed E-state index contributed by atoms with van der Waals surface area (Å²) in [7, 11) is -3.64. The summed E-state index contributed by atoms with van der Waals surface area (Å²) in [6, 6.07) is 3.42. The summed E-state index contributed by atoms with van der Waals surface area (Å²) in [4.78, 5) is 0. The Labute approximate surface area is 119 Å². The molecule has 0 aromatic carbocycles. The van der Waals surface area contributed by atoms with Crippen LogP contribution in [0.3, 0.4) is 0 Å². The van der Waals surface area contributed by atoms with Crippen LogP contribution in [0, 0.1) is 5.41 Å². The molecule has 0 spiro atoms. The first-order chi connectivity index (χ1) is 9.37. The number of nitrogens with one attached hydrogen (secondary N) is 2. The molecule has 1 saturated carbocycles. The summed E-state index contributed by atoms with van der Waals surface area (Å²) in [5.41, 5.74) is -0.262. The minimum absolute atomic E-state index is 0.0111. The predicted octanol–water partition coefficient (Wildman–Crippen LogP) is 0.828. The van der Waals surface area contributed by atoms with Crippen molar-refractivity contribution in [3.8, 4) is 0 Å². The van der Waals surface area contributed by atoms with Crippen LogP contribution in [0.25, 0.3) is 0 Å². The first kappa shape index (κ1) is 15.5. The SMILES string of the molecule is CC(C)NCc1ccc(S(=O)(=O)NCC2(CO)CC2)o1. The lowest BCUT2D eigenvalue weighted by atomic mass is 10.1. The molecule has 0 atom stereocenters. The third kappa shape index (κ3) is 3.82. The Hall–Kier alpha value is -0.890. The fourth-order valence-corrected chi connectivity index (χ4v) is 2.89. The molecule has 0 radical (unpaired) electrons. The molecule has 1 aliphatic rings. The van der Waals surface area contributed by atoms with E-state index in [1.165, 1.54) is 6.07 Å². The zero-order chi connectivity index (χ0) is 14.8. The van der Waals surface area contributed by atoms with Gasteiger partial charge >= 0.3 is 0 Å². The summed E-state index contributed by atoms with van der Waals surface area (Å²) < 4.78 is 32.0. The Morgan fingerprint density at radius 1 is 1.40 bits per heavy atom. The van der Waals surface area contributed by atoms with Crippen molar-refractivity contribution >= 4 is 10.0 Å². The van der Waals surface area contributed by atoms with E-state index in [9.17, 15) is 13.5 Å². The smallest absolute Gasteiger partial charge is 0.273 e. The van der Waals surface area contributed by atoms with Gasteiger partial charge in [-0.1, -0.05) is 13.8 Å². The topological polar surface area (TPSA) is 91.6 Å². The molecule has 1 aromatic rings. The van der Waals surface area contributed by atoms with Crippen LogP contribution in [0.4, 0.5) is 0 Å². The van der Waals surface area contributed by atoms with E-state index in [0.717, 1.165) is 12.8 Å². The highest BCUT2D eigenvalue weighted by Crippen LogP contribution is 2.44. The van der Waals surface area contributed by atoms with Gasteiger partial charge in [0.25, 0.3) is 10.0 Å². The van der Waals surface area contributed by atoms with E-state index in [1.807, 2.05) is 13.8 Å². The minimum Gasteiger partial charge on any atom is -0.447 e. The molecule has 2 rings (SSSR count). The zero-order valence-electron chi connectivity index (χ0n) is 11.8. The summed E-state index contributed by atoms with van der Waals surface area (Å²) in [6.07, 6.45) is 1.71. The normalized spacial score (nSPS) is 17.6. The molecule has 3 N–H and O–H groups in total. The molecular formula is C13H22N2O4S. The van der Waals surface area contributed by atoms with E-state index >= 15 is 0 Å². The van der Waals surface area contributed by atoms with Gasteiger partial charge in [0.2, 0.25) is 5.09 Å². The van der Waals surface area contributed by atoms with Crippen molar-refractivity contribution in [3.05, 3.63) is 17.9 Å². The molecule has 0 bridgehead atoms. The third-order valence-corrected chi connectivity index (χ3v) is 4.79. The van der Waals surface area contributed by atoms with E-state index in [0.29, 0.717) is 18.3 Å². The van der Waals surface area contributed by atoms with Crippen LogP contribution in [-0.4, -0.2) is 32.7 Å². The second-order valence-electron chi connectivity index (χ2n) is 5.74. The number of sulfonamides is 1. The van der Waals surface area contributed by atoms with Crippen LogP contribution in [0.2, 0.25) is 0 Å². The van der Waals surface area contributed by atoms with Gasteiger partial charge in [0.05, 0.1) is 6.54 Å². The lowest BCUT2D eigenvalue weighted by molar-refractivity contribution is 0.213. The lowest BCUT2D eigenvalue weighted by Crippen LogP contribution is -2.31. The first-order valence-corrected chi connectivity index (χ1v) is 8.28. The number of aliphatic hydroxyl groups excluding tert-OH is 1. The first-order valence-electron chi connectivity index (χ1n) is 6.79. The fraction of sp³-hybridized carbons (Fsp3) is 0.692. The van der Waals surface area contributed by atoms with Gasteiger partial charge in [-0.3, -0.25) is 0 Å². The number of rotatable bonds is 8. The van der Waals surface area contributed by atoms with Crippen molar-refractivity contribution in [1.29, 1.82) is 0 Å². The van der Waals surface area contributed by atoms with Crippen molar-refractivity contribution < 1.29 is 17.9 Å². The van der Waals surface area contributed by atoms with Crippen LogP contribution < -0.4 is 10.0 Å². The molecule has 0 unspecified atom stereocenters. The largest absolute Gasteiger partial charge is 0.447 e. The van der Waals surface area contributed by atoms with E-state index in [-0.39, 0.29) is 23.7 Å². The summed E-state index contributed by atoms with van der Waals surface area (Å²) in [6.45, 7) is 4.77. The Balaban J connectivity index is 1.95. The fourth-order valence-electron chi connectivity index (χ4n) is 1.79. The van der Waals surface area contributed by atoms with Crippen molar-refractivity contribution in [1.82, 2.24) is 10.0 Å². The third-order valence-electron chi connectivity index (χ3n) is 3.52. The van der Waals surface area contributed by atoms with Crippen LogP contribution in [0.5, 0.6) is 0 Å². The van der Waals surface area contributed by atoms with Gasteiger partial charge in [-0.15, -0.1) is 0 Å². The van der Waals surface area contributed by atoms with E-state index in [4.69, 9.17) is 4.42 Å². The van der Waals surface area contributed by atoms with E-state index in [2.05, 4.69) is 10.0 Å². The molecule has 0 saturated heterocycles. The van der Waals surface area contributed by atoms with Crippen LogP contribution >= 0.6 is 0 Å². The van der Waals surface area contributed by atoms with Gasteiger partial charge in [0.15, 0.2) is 0 Å². The Kier molecular flexibility index (Phi) is 4.53. The minimum atomic E-state index is -3.64. The van der Waals surface area contributed by atoms with E-state index < -0.39 is 10.0 Å². The highest BCUT2D eigenvalue weighted by atomic mass is 32.2. The van der Waals surface area contributed by atoms with Crippen molar-refractivity contribution in [2.75, 3.05) is 13.2 Å². The molecule has 20 heavy (non-hydrogen) atoms. The van der Waals surface area contributed by atoms with Crippen LogP contribution in [0.15, 0.2) is 21.6 Å². The predicted molar refractivity (Wildman–Crippen MR) is 74.6 cm³/mol. The molecule has 0 aliphatic heterocycles. The Morgan fingerprint density at radius 2 is 2.10 bits per heavy atom. The second kappa shape index (κ2) is 5.85. The highest BCUT2D eigenvalue weighted by molar-refractivity contribution is 7.89. The van der Waals surface area contributed by atoms with Crippen LogP contribution in [0.1, 0.15) is 32.4 Å². The van der Waals surface area contributed by atoms with Gasteiger partial charge in [0, 0.05) is 24.6 Å². The number of hydrogen-bond acceptors (Lipinski definition) is 5. The van der Waals surface area contributed by atoms with Gasteiger partial charge in [-0.25, -0.2) is 13.1 Å². The summed E-state index contributed by atoms with van der Waals surface area (Å²) in [5.74, 6) is 0.586. The Bertz CT molecular complexity index is 546. The molecular weight excluding hydrogens is 280 g/mol. The monoisotopic (exact) mass is 302 g/mol. The molecule has 1 aliphatic carbocycles. The zero-order valence-corrected chi connectivity index (χ0v) is 12.7. The van der Waals surface area contributed by atoms with E-state index in [1.54, 1.807) is 6.07 Å². The highest BCUT2D eigenvalue weighted by Gasteiger charge is 2.42. The standard InChI is InChI=1S/C13H22N2O4S/c1-10(2)14-7-11-3-4-12(19-11)20(17,18)15-8-13(9-16)5-6-13/h3-4,10,14-16H,5-9H2,1-2H3. The average molecular weight is 302 g/mol. The maximum atomic E-state index is 12.1. The van der Waals surface area contributed by atoms with Gasteiger partial charge in [-0.2, -0.15) is 0 Å². The van der Waals surface area contributed by atoms with Crippen molar-refractivity contribution in [2.24, 2.45) is 5.41 Å². The molecule has 7 heteroatoms. The second-order valence-corrected chi connectivity index (χ2v) is 7.44. The Morgan fingerprint density at radius 3 is 2.65 bits per heavy atom. The van der Waals surface area contributed by atoms with Crippen LogP contribution in [-0.2, 0) is 16.6 Å². The molecule has 114 valence electrons. The number of hydrogen-bond donors (Lipinski definition) is 3. The van der Waals surface area contributed by atoms with Gasteiger partial charge < -0.3 is 14.8 Å². The summed E-state index contributed by atoms with van der Waals surface area (Å²) in [5, 5.41) is 12.3. The molecule has 1 aromatic heterocycles. The summed E-state index contributed by atoms with van der Waals surface area (Å²) >= 11 is 0. The molecule has 0 amide bonds. The number of aliphatic hydroxyl groups is 1. The van der Waals surface area contributed by atoms with Gasteiger partial charge in [-0.05, 0) is 25.0 Å². The lowest BCUT2D eigenvalue weighted by Gasteiger charge is -2.11. The van der Waals surface area contributed by atoms with Crippen molar-refractivity contribution in [3.63, 3.8) is 0 Å². The molecule has 1 fully saturated rings. The van der Waals surface area contributed by atoms with Gasteiger partial charge in [0.1, 0.15) is 5.76 Å². The maximum absolute atomic E-state index is 12.1. The number of furan rings is 1.